The number of ether oxygens (including phenoxy) is 1. The van der Waals surface area contributed by atoms with Crippen LogP contribution in [0.5, 0.6) is 0 Å². The first-order valence-corrected chi connectivity index (χ1v) is 6.70. The van der Waals surface area contributed by atoms with E-state index in [9.17, 15) is 13.2 Å². The molecule has 0 aliphatic rings. The summed E-state index contributed by atoms with van der Waals surface area (Å²) in [5.74, 6) is 0. The molecule has 0 fully saturated rings. The van der Waals surface area contributed by atoms with Crippen molar-refractivity contribution in [3.8, 4) is 0 Å². The molecule has 7 heteroatoms. The molecule has 0 atom stereocenters. The van der Waals surface area contributed by atoms with E-state index >= 15 is 0 Å². The van der Waals surface area contributed by atoms with Crippen LogP contribution in [0.25, 0.3) is 0 Å². The summed E-state index contributed by atoms with van der Waals surface area (Å²) in [5.41, 5.74) is 4.15. The lowest BCUT2D eigenvalue weighted by Gasteiger charge is -2.13. The van der Waals surface area contributed by atoms with Crippen LogP contribution in [0.4, 0.5) is 4.79 Å². The average Bonchev–Trinajstić information content (AvgIpc) is 2.24. The zero-order chi connectivity index (χ0) is 13.9. The van der Waals surface area contributed by atoms with Crippen LogP contribution in [-0.2, 0) is 14.8 Å². The topological polar surface area (TPSA) is 84.5 Å². The Kier molecular flexibility index (Phi) is 4.31. The van der Waals surface area contributed by atoms with E-state index < -0.39 is 16.1 Å². The number of sulfonamides is 1. The number of rotatable bonds is 3. The number of hydrazine groups is 1. The van der Waals surface area contributed by atoms with Crippen molar-refractivity contribution in [3.05, 3.63) is 28.8 Å². The van der Waals surface area contributed by atoms with E-state index in [0.29, 0.717) is 11.1 Å². The minimum atomic E-state index is -3.81. The molecule has 1 aromatic carbocycles. The highest BCUT2D eigenvalue weighted by atomic mass is 32.2. The van der Waals surface area contributed by atoms with Gasteiger partial charge in [-0.25, -0.2) is 18.6 Å². The number of amides is 1. The molecule has 0 saturated carbocycles. The molecule has 0 bridgehead atoms. The van der Waals surface area contributed by atoms with Gasteiger partial charge in [-0.05, 0) is 31.9 Å². The van der Waals surface area contributed by atoms with Crippen molar-refractivity contribution in [3.63, 3.8) is 0 Å². The van der Waals surface area contributed by atoms with Crippen molar-refractivity contribution in [2.75, 3.05) is 7.11 Å². The fourth-order valence-electron chi connectivity index (χ4n) is 1.80. The van der Waals surface area contributed by atoms with Crippen molar-refractivity contribution < 1.29 is 17.9 Å². The third-order valence-electron chi connectivity index (χ3n) is 2.35. The zero-order valence-corrected chi connectivity index (χ0v) is 11.5. The molecule has 2 N–H and O–H groups in total. The summed E-state index contributed by atoms with van der Waals surface area (Å²) in [6.45, 7) is 5.29. The Bertz CT molecular complexity index is 543. The maximum Gasteiger partial charge on any atom is 0.422 e. The number of hydrogen-bond acceptors (Lipinski definition) is 4. The summed E-state index contributed by atoms with van der Waals surface area (Å²) in [5, 5.41) is 0. The Hall–Kier alpha value is -1.60. The van der Waals surface area contributed by atoms with E-state index in [1.165, 1.54) is 0 Å². The van der Waals surface area contributed by atoms with Crippen LogP contribution in [0, 0.1) is 20.8 Å². The highest BCUT2D eigenvalue weighted by Crippen LogP contribution is 2.20. The predicted octanol–water partition coefficient (Wildman–Crippen LogP) is 1.16. The van der Waals surface area contributed by atoms with Crippen molar-refractivity contribution in [1.82, 2.24) is 10.3 Å². The van der Waals surface area contributed by atoms with E-state index in [2.05, 4.69) is 4.74 Å². The van der Waals surface area contributed by atoms with Crippen LogP contribution in [-0.4, -0.2) is 21.6 Å². The molecule has 0 spiro atoms. The minimum absolute atomic E-state index is 0.157. The summed E-state index contributed by atoms with van der Waals surface area (Å²) in [7, 11) is -2.66. The van der Waals surface area contributed by atoms with Crippen LogP contribution in [0.3, 0.4) is 0 Å². The molecule has 18 heavy (non-hydrogen) atoms. The molecule has 1 rings (SSSR count). The van der Waals surface area contributed by atoms with Gasteiger partial charge >= 0.3 is 6.09 Å². The van der Waals surface area contributed by atoms with E-state index in [0.717, 1.165) is 12.7 Å². The number of aryl methyl sites for hydroxylation is 3. The Morgan fingerprint density at radius 3 is 2.11 bits per heavy atom. The van der Waals surface area contributed by atoms with Crippen LogP contribution >= 0.6 is 0 Å². The number of hydrogen-bond donors (Lipinski definition) is 2. The third kappa shape index (κ3) is 3.21. The number of benzene rings is 1. The highest BCUT2D eigenvalue weighted by Gasteiger charge is 2.20. The van der Waals surface area contributed by atoms with Gasteiger partial charge in [0.1, 0.15) is 0 Å². The van der Waals surface area contributed by atoms with Gasteiger partial charge in [-0.1, -0.05) is 17.7 Å². The van der Waals surface area contributed by atoms with Crippen LogP contribution < -0.4 is 10.3 Å². The SMILES string of the molecule is COC(=O)NNS(=O)(=O)c1c(C)cc(C)cc1C. The lowest BCUT2D eigenvalue weighted by Crippen LogP contribution is -2.41. The molecule has 0 unspecified atom stereocenters. The molecule has 0 aliphatic carbocycles. The van der Waals surface area contributed by atoms with Gasteiger partial charge in [0.25, 0.3) is 10.0 Å². The molecule has 1 amide bonds. The molecule has 0 aromatic heterocycles. The van der Waals surface area contributed by atoms with Crippen molar-refractivity contribution in [1.29, 1.82) is 0 Å². The number of nitrogens with one attached hydrogen (secondary N) is 2. The number of carbonyl (C=O) groups is 1. The summed E-state index contributed by atoms with van der Waals surface area (Å²) in [6.07, 6.45) is -0.874. The Morgan fingerprint density at radius 2 is 1.67 bits per heavy atom. The van der Waals surface area contributed by atoms with Gasteiger partial charge < -0.3 is 4.74 Å². The number of carbonyl (C=O) groups excluding carboxylic acids is 1. The van der Waals surface area contributed by atoms with E-state index in [1.54, 1.807) is 26.0 Å². The molecule has 0 aliphatic heterocycles. The summed E-state index contributed by atoms with van der Waals surface area (Å²) in [4.78, 5) is 13.0. The fourth-order valence-corrected chi connectivity index (χ4v) is 3.09. The summed E-state index contributed by atoms with van der Waals surface area (Å²) in [6, 6.07) is 3.53. The van der Waals surface area contributed by atoms with Crippen LogP contribution in [0.2, 0.25) is 0 Å². The fraction of sp³-hybridized carbons (Fsp3) is 0.364. The summed E-state index contributed by atoms with van der Waals surface area (Å²) < 4.78 is 28.3. The first-order valence-electron chi connectivity index (χ1n) is 5.21. The lowest BCUT2D eigenvalue weighted by molar-refractivity contribution is 0.169. The van der Waals surface area contributed by atoms with Gasteiger partial charge in [-0.15, -0.1) is 4.83 Å². The molecule has 100 valence electrons. The van der Waals surface area contributed by atoms with Crippen molar-refractivity contribution >= 4 is 16.1 Å². The maximum absolute atomic E-state index is 12.0. The van der Waals surface area contributed by atoms with Gasteiger partial charge in [0, 0.05) is 0 Å². The highest BCUT2D eigenvalue weighted by molar-refractivity contribution is 7.89. The molecule has 0 saturated heterocycles. The van der Waals surface area contributed by atoms with Gasteiger partial charge in [-0.2, -0.15) is 0 Å². The quantitative estimate of drug-likeness (QED) is 0.809. The maximum atomic E-state index is 12.0. The minimum Gasteiger partial charge on any atom is -0.452 e. The Balaban J connectivity index is 3.10. The largest absolute Gasteiger partial charge is 0.452 e. The van der Waals surface area contributed by atoms with Gasteiger partial charge in [0.05, 0.1) is 12.0 Å². The standard InChI is InChI=1S/C11H16N2O4S/c1-7-5-8(2)10(9(3)6-7)18(15,16)13-12-11(14)17-4/h5-6,13H,1-4H3,(H,12,14). The molecule has 6 nitrogen and oxygen atoms in total. The van der Waals surface area contributed by atoms with E-state index in [1.807, 2.05) is 17.2 Å². The average molecular weight is 272 g/mol. The zero-order valence-electron chi connectivity index (χ0n) is 10.7. The van der Waals surface area contributed by atoms with Crippen LogP contribution in [0.15, 0.2) is 17.0 Å². The normalized spacial score (nSPS) is 11.1. The molecular weight excluding hydrogens is 256 g/mol. The monoisotopic (exact) mass is 272 g/mol. The van der Waals surface area contributed by atoms with Crippen LogP contribution in [0.1, 0.15) is 16.7 Å². The van der Waals surface area contributed by atoms with E-state index in [4.69, 9.17) is 0 Å². The van der Waals surface area contributed by atoms with E-state index in [-0.39, 0.29) is 4.90 Å². The molecular formula is C11H16N2O4S. The van der Waals surface area contributed by atoms with Crippen molar-refractivity contribution in [2.24, 2.45) is 0 Å². The van der Waals surface area contributed by atoms with Gasteiger partial charge in [0.15, 0.2) is 0 Å². The van der Waals surface area contributed by atoms with Gasteiger partial charge in [0.2, 0.25) is 0 Å². The second kappa shape index (κ2) is 5.36. The smallest absolute Gasteiger partial charge is 0.422 e. The first-order chi connectivity index (χ1) is 8.27. The molecule has 0 heterocycles. The molecule has 0 radical (unpaired) electrons. The second-order valence-electron chi connectivity index (χ2n) is 3.95. The lowest BCUT2D eigenvalue weighted by atomic mass is 10.1. The first kappa shape index (κ1) is 14.5. The van der Waals surface area contributed by atoms with Crippen molar-refractivity contribution in [2.45, 2.75) is 25.7 Å². The second-order valence-corrected chi connectivity index (χ2v) is 5.57. The molecule has 1 aromatic rings. The Morgan fingerprint density at radius 1 is 1.17 bits per heavy atom. The summed E-state index contributed by atoms with van der Waals surface area (Å²) >= 11 is 0. The predicted molar refractivity (Wildman–Crippen MR) is 66.5 cm³/mol. The number of methoxy groups -OCH3 is 1. The Labute approximate surface area is 106 Å². The van der Waals surface area contributed by atoms with Gasteiger partial charge in [-0.3, -0.25) is 0 Å². The third-order valence-corrected chi connectivity index (χ3v) is 3.90.